The summed E-state index contributed by atoms with van der Waals surface area (Å²) in [6.45, 7) is 0. The first-order chi connectivity index (χ1) is 8.21. The Labute approximate surface area is 100 Å². The van der Waals surface area contributed by atoms with Gasteiger partial charge in [-0.05, 0) is 29.7 Å². The van der Waals surface area contributed by atoms with Crippen LogP contribution in [0.2, 0.25) is 0 Å². The molecule has 2 aliphatic rings. The highest BCUT2D eigenvalue weighted by molar-refractivity contribution is 5.89. The van der Waals surface area contributed by atoms with Crippen LogP contribution in [0.5, 0.6) is 5.75 Å². The molecule has 0 heterocycles. The fourth-order valence-corrected chi connectivity index (χ4v) is 3.00. The van der Waals surface area contributed by atoms with Crippen molar-refractivity contribution in [1.29, 1.82) is 0 Å². The van der Waals surface area contributed by atoms with Crippen LogP contribution < -0.4 is 4.74 Å². The lowest BCUT2D eigenvalue weighted by molar-refractivity contribution is -0.145. The largest absolute Gasteiger partial charge is 0.497 e. The molecule has 0 saturated carbocycles. The Morgan fingerprint density at radius 2 is 2.24 bits per heavy atom. The maximum absolute atomic E-state index is 12.0. The molecule has 0 amide bonds. The number of fused-ring (bicyclic) bond motifs is 5. The van der Waals surface area contributed by atoms with E-state index < -0.39 is 5.41 Å². The second kappa shape index (κ2) is 3.36. The van der Waals surface area contributed by atoms with Gasteiger partial charge >= 0.3 is 5.97 Å². The Balaban J connectivity index is 2.14. The van der Waals surface area contributed by atoms with E-state index in [1.807, 2.05) is 24.3 Å². The third-order valence-electron chi connectivity index (χ3n) is 3.84. The van der Waals surface area contributed by atoms with Gasteiger partial charge in [-0.1, -0.05) is 18.2 Å². The first kappa shape index (κ1) is 10.4. The molecule has 88 valence electrons. The normalized spacial score (nSPS) is 28.0. The fourth-order valence-electron chi connectivity index (χ4n) is 3.00. The van der Waals surface area contributed by atoms with E-state index in [0.29, 0.717) is 5.92 Å². The average molecular weight is 230 g/mol. The van der Waals surface area contributed by atoms with Crippen LogP contribution in [0.15, 0.2) is 30.4 Å². The third-order valence-corrected chi connectivity index (χ3v) is 3.84. The summed E-state index contributed by atoms with van der Waals surface area (Å²) in [5.41, 5.74) is 1.70. The molecule has 2 bridgehead atoms. The molecule has 0 spiro atoms. The highest BCUT2D eigenvalue weighted by atomic mass is 16.5. The topological polar surface area (TPSA) is 35.5 Å². The first-order valence-electron chi connectivity index (χ1n) is 5.67. The molecular formula is C14H14O3. The highest BCUT2D eigenvalue weighted by Gasteiger charge is 2.51. The molecule has 1 aromatic rings. The summed E-state index contributed by atoms with van der Waals surface area (Å²) in [5, 5.41) is 0. The van der Waals surface area contributed by atoms with Gasteiger partial charge < -0.3 is 9.47 Å². The summed E-state index contributed by atoms with van der Waals surface area (Å²) >= 11 is 0. The number of methoxy groups -OCH3 is 2. The number of allylic oxidation sites excluding steroid dienone is 1. The minimum absolute atomic E-state index is 0.167. The second-order valence-corrected chi connectivity index (χ2v) is 4.59. The number of rotatable bonds is 2. The number of carbonyl (C=O) groups is 1. The van der Waals surface area contributed by atoms with Gasteiger partial charge in [-0.3, -0.25) is 4.79 Å². The molecule has 0 aromatic heterocycles. The summed E-state index contributed by atoms with van der Waals surface area (Å²) in [6, 6.07) is 5.90. The Morgan fingerprint density at radius 3 is 2.94 bits per heavy atom. The van der Waals surface area contributed by atoms with Gasteiger partial charge in [-0.2, -0.15) is 0 Å². The van der Waals surface area contributed by atoms with Crippen molar-refractivity contribution >= 4 is 5.97 Å². The molecule has 0 fully saturated rings. The summed E-state index contributed by atoms with van der Waals surface area (Å²) in [7, 11) is 3.10. The number of hydrogen-bond donors (Lipinski definition) is 0. The molecule has 3 nitrogen and oxygen atoms in total. The Hall–Kier alpha value is -1.77. The van der Waals surface area contributed by atoms with Crippen molar-refractivity contribution in [2.24, 2.45) is 0 Å². The van der Waals surface area contributed by atoms with Crippen LogP contribution in [0.25, 0.3) is 0 Å². The smallest absolute Gasteiger partial charge is 0.320 e. The van der Waals surface area contributed by atoms with E-state index in [1.54, 1.807) is 7.11 Å². The fraction of sp³-hybridized carbons (Fsp3) is 0.357. The molecule has 17 heavy (non-hydrogen) atoms. The molecule has 1 aromatic carbocycles. The van der Waals surface area contributed by atoms with Crippen molar-refractivity contribution in [2.45, 2.75) is 17.8 Å². The van der Waals surface area contributed by atoms with Crippen LogP contribution >= 0.6 is 0 Å². The van der Waals surface area contributed by atoms with Gasteiger partial charge in [0, 0.05) is 5.92 Å². The van der Waals surface area contributed by atoms with Gasteiger partial charge in [-0.25, -0.2) is 0 Å². The molecule has 0 radical (unpaired) electrons. The Morgan fingerprint density at radius 1 is 1.41 bits per heavy atom. The molecule has 0 saturated heterocycles. The standard InChI is InChI=1S/C14H14O3/c1-16-10-3-4-12-11(7-10)9-5-6-14(12,8-9)13(15)17-2/h3-7,9H,8H2,1-2H3. The van der Waals surface area contributed by atoms with E-state index in [9.17, 15) is 4.79 Å². The van der Waals surface area contributed by atoms with Crippen LogP contribution in [-0.2, 0) is 14.9 Å². The number of carbonyl (C=O) groups excluding carboxylic acids is 1. The Kier molecular flexibility index (Phi) is 2.05. The van der Waals surface area contributed by atoms with Crippen LogP contribution in [-0.4, -0.2) is 20.2 Å². The highest BCUT2D eigenvalue weighted by Crippen LogP contribution is 2.53. The molecule has 3 rings (SSSR count). The van der Waals surface area contributed by atoms with Gasteiger partial charge in [-0.15, -0.1) is 0 Å². The van der Waals surface area contributed by atoms with Crippen molar-refractivity contribution in [1.82, 2.24) is 0 Å². The zero-order valence-corrected chi connectivity index (χ0v) is 9.90. The first-order valence-corrected chi connectivity index (χ1v) is 5.67. The van der Waals surface area contributed by atoms with E-state index in [2.05, 4.69) is 6.08 Å². The molecular weight excluding hydrogens is 216 g/mol. The summed E-state index contributed by atoms with van der Waals surface area (Å²) in [4.78, 5) is 12.0. The summed E-state index contributed by atoms with van der Waals surface area (Å²) < 4.78 is 10.2. The third kappa shape index (κ3) is 1.19. The van der Waals surface area contributed by atoms with Crippen molar-refractivity contribution in [3.8, 4) is 5.75 Å². The molecule has 0 aliphatic heterocycles. The van der Waals surface area contributed by atoms with Crippen LogP contribution in [0.3, 0.4) is 0 Å². The quantitative estimate of drug-likeness (QED) is 0.577. The zero-order chi connectivity index (χ0) is 12.0. The van der Waals surface area contributed by atoms with E-state index in [1.165, 1.54) is 12.7 Å². The lowest BCUT2D eigenvalue weighted by Crippen LogP contribution is -2.31. The average Bonchev–Trinajstić information content (AvgIpc) is 2.95. The van der Waals surface area contributed by atoms with E-state index >= 15 is 0 Å². The van der Waals surface area contributed by atoms with Crippen molar-refractivity contribution in [3.05, 3.63) is 41.5 Å². The van der Waals surface area contributed by atoms with Gasteiger partial charge in [0.25, 0.3) is 0 Å². The summed E-state index contributed by atoms with van der Waals surface area (Å²) in [5.74, 6) is 0.990. The van der Waals surface area contributed by atoms with Crippen molar-refractivity contribution < 1.29 is 14.3 Å². The predicted molar refractivity (Wildman–Crippen MR) is 63.2 cm³/mol. The second-order valence-electron chi connectivity index (χ2n) is 4.59. The molecule has 2 aliphatic carbocycles. The predicted octanol–water partition coefficient (Wildman–Crippen LogP) is 2.16. The van der Waals surface area contributed by atoms with E-state index in [4.69, 9.17) is 9.47 Å². The van der Waals surface area contributed by atoms with E-state index in [-0.39, 0.29) is 5.97 Å². The summed E-state index contributed by atoms with van der Waals surface area (Å²) in [6.07, 6.45) is 4.87. The lowest BCUT2D eigenvalue weighted by Gasteiger charge is -2.22. The van der Waals surface area contributed by atoms with Crippen LogP contribution in [0, 0.1) is 0 Å². The van der Waals surface area contributed by atoms with Gasteiger partial charge in [0.05, 0.1) is 14.2 Å². The van der Waals surface area contributed by atoms with Gasteiger partial charge in [0.2, 0.25) is 0 Å². The lowest BCUT2D eigenvalue weighted by atomic mass is 9.82. The van der Waals surface area contributed by atoms with Gasteiger partial charge in [0.15, 0.2) is 0 Å². The molecule has 2 atom stereocenters. The molecule has 3 heteroatoms. The molecule has 2 unspecified atom stereocenters. The number of hydrogen-bond acceptors (Lipinski definition) is 3. The van der Waals surface area contributed by atoms with Crippen molar-refractivity contribution in [3.63, 3.8) is 0 Å². The SMILES string of the molecule is COC(=O)C12C=CC(C1)c1cc(OC)ccc12. The number of esters is 1. The van der Waals surface area contributed by atoms with Crippen LogP contribution in [0.1, 0.15) is 23.5 Å². The minimum atomic E-state index is -0.555. The molecule has 0 N–H and O–H groups in total. The number of benzene rings is 1. The maximum Gasteiger partial charge on any atom is 0.320 e. The number of ether oxygens (including phenoxy) is 2. The van der Waals surface area contributed by atoms with Crippen molar-refractivity contribution in [2.75, 3.05) is 14.2 Å². The maximum atomic E-state index is 12.0. The minimum Gasteiger partial charge on any atom is -0.497 e. The zero-order valence-electron chi connectivity index (χ0n) is 9.90. The van der Waals surface area contributed by atoms with E-state index in [0.717, 1.165) is 17.7 Å². The monoisotopic (exact) mass is 230 g/mol. The Bertz CT molecular complexity index is 518. The van der Waals surface area contributed by atoms with Gasteiger partial charge in [0.1, 0.15) is 11.2 Å². The van der Waals surface area contributed by atoms with Crippen LogP contribution in [0.4, 0.5) is 0 Å².